The fourth-order valence-corrected chi connectivity index (χ4v) is 2.54. The van der Waals surface area contributed by atoms with Crippen LogP contribution in [0.2, 0.25) is 0 Å². The standard InChI is InChI=1S/C17H30N4O3/c1-21-14-19-20-15(21)11-12-16(22)18-13-9-7-5-3-2-4-6-8-10-17(23)24/h14H,2-13H2,1H3,(H,18,22)(H,23,24). The summed E-state index contributed by atoms with van der Waals surface area (Å²) in [6.07, 6.45) is 11.6. The molecule has 0 aliphatic rings. The second-order valence-electron chi connectivity index (χ2n) is 6.18. The first-order valence-electron chi connectivity index (χ1n) is 8.91. The van der Waals surface area contributed by atoms with Gasteiger partial charge >= 0.3 is 5.97 Å². The van der Waals surface area contributed by atoms with Gasteiger partial charge in [0.25, 0.3) is 0 Å². The molecule has 7 heteroatoms. The van der Waals surface area contributed by atoms with Crippen molar-refractivity contribution < 1.29 is 14.7 Å². The van der Waals surface area contributed by atoms with Crippen molar-refractivity contribution in [3.63, 3.8) is 0 Å². The molecular formula is C17H30N4O3. The van der Waals surface area contributed by atoms with Crippen LogP contribution in [0, 0.1) is 0 Å². The Balaban J connectivity index is 1.85. The maximum Gasteiger partial charge on any atom is 0.303 e. The highest BCUT2D eigenvalue weighted by Crippen LogP contribution is 2.09. The minimum absolute atomic E-state index is 0.0661. The Kier molecular flexibility index (Phi) is 10.5. The minimum atomic E-state index is -0.700. The average Bonchev–Trinajstić information content (AvgIpc) is 2.95. The van der Waals surface area contributed by atoms with Crippen LogP contribution in [0.4, 0.5) is 0 Å². The molecule has 0 aliphatic heterocycles. The zero-order chi connectivity index (χ0) is 17.6. The molecule has 1 heterocycles. The van der Waals surface area contributed by atoms with Gasteiger partial charge in [-0.1, -0.05) is 38.5 Å². The SMILES string of the molecule is Cn1cnnc1CCC(=O)NCCCCCCCCCCC(=O)O. The Bertz CT molecular complexity index is 488. The zero-order valence-electron chi connectivity index (χ0n) is 14.7. The van der Waals surface area contributed by atoms with Gasteiger partial charge in [0.05, 0.1) is 0 Å². The Labute approximate surface area is 143 Å². The summed E-state index contributed by atoms with van der Waals surface area (Å²) in [5.74, 6) is 0.193. The normalized spacial score (nSPS) is 10.7. The lowest BCUT2D eigenvalue weighted by Gasteiger charge is -2.05. The number of carboxylic acid groups (broad SMARTS) is 1. The number of nitrogens with zero attached hydrogens (tertiary/aromatic N) is 3. The number of hydrogen-bond acceptors (Lipinski definition) is 4. The lowest BCUT2D eigenvalue weighted by atomic mass is 10.1. The summed E-state index contributed by atoms with van der Waals surface area (Å²) in [5.41, 5.74) is 0. The Morgan fingerprint density at radius 2 is 1.67 bits per heavy atom. The molecule has 0 fully saturated rings. The number of carboxylic acids is 1. The molecule has 0 spiro atoms. The molecule has 0 bridgehead atoms. The molecule has 0 saturated carbocycles. The van der Waals surface area contributed by atoms with Crippen LogP contribution in [-0.4, -0.2) is 38.3 Å². The number of amides is 1. The number of carbonyl (C=O) groups is 2. The number of carbonyl (C=O) groups excluding carboxylic acids is 1. The quantitative estimate of drug-likeness (QED) is 0.508. The van der Waals surface area contributed by atoms with E-state index in [1.165, 1.54) is 19.3 Å². The zero-order valence-corrected chi connectivity index (χ0v) is 14.7. The molecule has 0 saturated heterocycles. The topological polar surface area (TPSA) is 97.1 Å². The van der Waals surface area contributed by atoms with Gasteiger partial charge in [0.15, 0.2) is 0 Å². The molecule has 0 unspecified atom stereocenters. The van der Waals surface area contributed by atoms with Gasteiger partial charge in [-0.15, -0.1) is 10.2 Å². The molecule has 0 atom stereocenters. The van der Waals surface area contributed by atoms with Crippen LogP contribution in [0.3, 0.4) is 0 Å². The first-order valence-corrected chi connectivity index (χ1v) is 8.91. The predicted octanol–water partition coefficient (Wildman–Crippen LogP) is 2.46. The van der Waals surface area contributed by atoms with Crippen molar-refractivity contribution in [3.8, 4) is 0 Å². The van der Waals surface area contributed by atoms with Gasteiger partial charge in [-0.2, -0.15) is 0 Å². The highest BCUT2D eigenvalue weighted by molar-refractivity contribution is 5.75. The van der Waals surface area contributed by atoms with Crippen LogP contribution < -0.4 is 5.32 Å². The average molecular weight is 338 g/mol. The maximum absolute atomic E-state index is 11.7. The van der Waals surface area contributed by atoms with E-state index in [0.717, 1.165) is 44.5 Å². The number of nitrogens with one attached hydrogen (secondary N) is 1. The Morgan fingerprint density at radius 3 is 2.25 bits per heavy atom. The van der Waals surface area contributed by atoms with Gasteiger partial charge in [-0.05, 0) is 12.8 Å². The summed E-state index contributed by atoms with van der Waals surface area (Å²) in [5, 5.41) is 19.2. The highest BCUT2D eigenvalue weighted by atomic mass is 16.4. The summed E-state index contributed by atoms with van der Waals surface area (Å²) in [4.78, 5) is 22.1. The molecule has 136 valence electrons. The smallest absolute Gasteiger partial charge is 0.303 e. The molecule has 0 radical (unpaired) electrons. The van der Waals surface area contributed by atoms with Crippen molar-refractivity contribution in [1.29, 1.82) is 0 Å². The third kappa shape index (κ3) is 9.97. The number of hydrogen-bond donors (Lipinski definition) is 2. The third-order valence-electron chi connectivity index (χ3n) is 4.02. The number of unbranched alkanes of at least 4 members (excludes halogenated alkanes) is 7. The largest absolute Gasteiger partial charge is 0.481 e. The molecule has 0 aliphatic carbocycles. The summed E-state index contributed by atoms with van der Waals surface area (Å²) in [6.45, 7) is 0.732. The van der Waals surface area contributed by atoms with Crippen LogP contribution in [-0.2, 0) is 23.1 Å². The van der Waals surface area contributed by atoms with Gasteiger partial charge < -0.3 is 15.0 Å². The highest BCUT2D eigenvalue weighted by Gasteiger charge is 2.05. The van der Waals surface area contributed by atoms with E-state index in [4.69, 9.17) is 5.11 Å². The molecule has 1 aromatic rings. The third-order valence-corrected chi connectivity index (χ3v) is 4.02. The van der Waals surface area contributed by atoms with Crippen LogP contribution in [0.5, 0.6) is 0 Å². The van der Waals surface area contributed by atoms with E-state index in [2.05, 4.69) is 15.5 Å². The minimum Gasteiger partial charge on any atom is -0.481 e. The van der Waals surface area contributed by atoms with Crippen LogP contribution in [0.25, 0.3) is 0 Å². The van der Waals surface area contributed by atoms with Crippen LogP contribution in [0.15, 0.2) is 6.33 Å². The summed E-state index contributed by atoms with van der Waals surface area (Å²) >= 11 is 0. The fraction of sp³-hybridized carbons (Fsp3) is 0.765. The van der Waals surface area contributed by atoms with E-state index in [1.807, 2.05) is 11.6 Å². The maximum atomic E-state index is 11.7. The summed E-state index contributed by atoms with van der Waals surface area (Å²) in [6, 6.07) is 0. The lowest BCUT2D eigenvalue weighted by molar-refractivity contribution is -0.137. The first-order chi connectivity index (χ1) is 11.6. The predicted molar refractivity (Wildman–Crippen MR) is 91.5 cm³/mol. The molecule has 7 nitrogen and oxygen atoms in total. The van der Waals surface area contributed by atoms with Gasteiger partial charge in [-0.25, -0.2) is 0 Å². The van der Waals surface area contributed by atoms with E-state index in [1.54, 1.807) is 6.33 Å². The van der Waals surface area contributed by atoms with E-state index in [0.29, 0.717) is 12.8 Å². The van der Waals surface area contributed by atoms with Gasteiger partial charge in [-0.3, -0.25) is 9.59 Å². The summed E-state index contributed by atoms with van der Waals surface area (Å²) in [7, 11) is 1.87. The van der Waals surface area contributed by atoms with E-state index in [-0.39, 0.29) is 12.3 Å². The van der Waals surface area contributed by atoms with E-state index in [9.17, 15) is 9.59 Å². The van der Waals surface area contributed by atoms with Crippen molar-refractivity contribution in [3.05, 3.63) is 12.2 Å². The summed E-state index contributed by atoms with van der Waals surface area (Å²) < 4.78 is 1.83. The number of aryl methyl sites for hydroxylation is 2. The Hall–Kier alpha value is -1.92. The molecule has 2 N–H and O–H groups in total. The lowest BCUT2D eigenvalue weighted by Crippen LogP contribution is -2.24. The number of aromatic nitrogens is 3. The number of aliphatic carboxylic acids is 1. The van der Waals surface area contributed by atoms with Crippen molar-refractivity contribution in [2.24, 2.45) is 7.05 Å². The molecule has 1 aromatic heterocycles. The van der Waals surface area contributed by atoms with Crippen LogP contribution >= 0.6 is 0 Å². The molecule has 24 heavy (non-hydrogen) atoms. The molecule has 0 aromatic carbocycles. The monoisotopic (exact) mass is 338 g/mol. The molecule has 1 amide bonds. The van der Waals surface area contributed by atoms with Gasteiger partial charge in [0.1, 0.15) is 12.2 Å². The van der Waals surface area contributed by atoms with Gasteiger partial charge in [0, 0.05) is 32.9 Å². The molecular weight excluding hydrogens is 308 g/mol. The Morgan fingerprint density at radius 1 is 1.04 bits per heavy atom. The van der Waals surface area contributed by atoms with Gasteiger partial charge in [0.2, 0.25) is 5.91 Å². The van der Waals surface area contributed by atoms with E-state index >= 15 is 0 Å². The second kappa shape index (κ2) is 12.5. The first kappa shape index (κ1) is 20.1. The van der Waals surface area contributed by atoms with E-state index < -0.39 is 5.97 Å². The second-order valence-corrected chi connectivity index (χ2v) is 6.18. The fourth-order valence-electron chi connectivity index (χ4n) is 2.54. The van der Waals surface area contributed by atoms with Crippen molar-refractivity contribution in [2.75, 3.05) is 6.54 Å². The molecule has 1 rings (SSSR count). The van der Waals surface area contributed by atoms with Crippen molar-refractivity contribution in [2.45, 2.75) is 70.6 Å². The number of rotatable bonds is 14. The van der Waals surface area contributed by atoms with Crippen LogP contribution in [0.1, 0.15) is 70.0 Å². The van der Waals surface area contributed by atoms with Crippen molar-refractivity contribution >= 4 is 11.9 Å². The van der Waals surface area contributed by atoms with Crippen molar-refractivity contribution in [1.82, 2.24) is 20.1 Å².